The molecule has 0 atom stereocenters. The van der Waals surface area contributed by atoms with Gasteiger partial charge in [0.05, 0.1) is 0 Å². The number of aromatic nitrogens is 2. The summed E-state index contributed by atoms with van der Waals surface area (Å²) in [7, 11) is 0. The average molecular weight is 717 g/mol. The van der Waals surface area contributed by atoms with Gasteiger partial charge in [-0.2, -0.15) is 0 Å². The second-order valence-electron chi connectivity index (χ2n) is 14.1. The Morgan fingerprint density at radius 2 is 0.865 bits per heavy atom. The van der Waals surface area contributed by atoms with Gasteiger partial charge in [0.1, 0.15) is 0 Å². The molecule has 0 aliphatic heterocycles. The second-order valence-corrected chi connectivity index (χ2v) is 16.3. The fraction of sp³-hybridized carbons (Fsp3) is 0.250. The van der Waals surface area contributed by atoms with E-state index < -0.39 is 0 Å². The van der Waals surface area contributed by atoms with Gasteiger partial charge in [0, 0.05) is 76.2 Å². The van der Waals surface area contributed by atoms with Crippen molar-refractivity contribution in [2.75, 3.05) is 0 Å². The van der Waals surface area contributed by atoms with Crippen LogP contribution in [0.4, 0.5) is 0 Å². The summed E-state index contributed by atoms with van der Waals surface area (Å²) >= 11 is 3.73. The lowest BCUT2D eigenvalue weighted by Crippen LogP contribution is -1.97. The maximum Gasteiger partial charge on any atom is 0.0497 e. The highest BCUT2D eigenvalue weighted by Gasteiger charge is 2.12. The van der Waals surface area contributed by atoms with Gasteiger partial charge < -0.3 is 9.13 Å². The lowest BCUT2D eigenvalue weighted by Gasteiger charge is -2.07. The quantitative estimate of drug-likeness (QED) is 0.0935. The van der Waals surface area contributed by atoms with Crippen molar-refractivity contribution in [3.8, 4) is 9.75 Å². The minimum Gasteiger partial charge on any atom is -0.340 e. The number of thiophene rings is 2. The minimum atomic E-state index is 1.07. The minimum absolute atomic E-state index is 1.07. The highest BCUT2D eigenvalue weighted by Crippen LogP contribution is 2.36. The summed E-state index contributed by atoms with van der Waals surface area (Å²) < 4.78 is 5.08. The van der Waals surface area contributed by atoms with Crippen LogP contribution in [0.3, 0.4) is 0 Å². The summed E-state index contributed by atoms with van der Waals surface area (Å²) in [6, 6.07) is 40.7. The van der Waals surface area contributed by atoms with Crippen LogP contribution in [0, 0.1) is 0 Å². The van der Waals surface area contributed by atoms with E-state index in [0.717, 1.165) is 13.1 Å². The van der Waals surface area contributed by atoms with Crippen molar-refractivity contribution in [1.82, 2.24) is 9.13 Å². The van der Waals surface area contributed by atoms with Crippen LogP contribution in [0.1, 0.15) is 86.1 Å². The lowest BCUT2D eigenvalue weighted by molar-refractivity contribution is 0.602. The van der Waals surface area contributed by atoms with Gasteiger partial charge in [0.2, 0.25) is 0 Å². The first-order valence-electron chi connectivity index (χ1n) is 19.3. The normalized spacial score (nSPS) is 12.3. The number of para-hydroxylation sites is 2. The molecule has 0 saturated carbocycles. The topological polar surface area (TPSA) is 9.86 Å². The Balaban J connectivity index is 0.980. The molecule has 0 amide bonds. The molecule has 0 spiro atoms. The molecule has 262 valence electrons. The molecule has 0 N–H and O–H groups in total. The molecule has 0 bridgehead atoms. The molecule has 4 heterocycles. The van der Waals surface area contributed by atoms with Crippen molar-refractivity contribution in [3.05, 3.63) is 130 Å². The van der Waals surface area contributed by atoms with Gasteiger partial charge in [-0.3, -0.25) is 0 Å². The van der Waals surface area contributed by atoms with Crippen molar-refractivity contribution in [2.24, 2.45) is 0 Å². The molecule has 8 rings (SSSR count). The van der Waals surface area contributed by atoms with Gasteiger partial charge in [-0.25, -0.2) is 0 Å². The van der Waals surface area contributed by atoms with E-state index in [1.54, 1.807) is 0 Å². The summed E-state index contributed by atoms with van der Waals surface area (Å²) in [5.74, 6) is 0. The molecular formula is C48H48N2S2. The summed E-state index contributed by atoms with van der Waals surface area (Å²) in [6.07, 6.45) is 19.3. The van der Waals surface area contributed by atoms with Gasteiger partial charge in [-0.05, 0) is 84.7 Å². The van der Waals surface area contributed by atoms with E-state index in [9.17, 15) is 0 Å². The van der Waals surface area contributed by atoms with Crippen LogP contribution in [0.2, 0.25) is 0 Å². The van der Waals surface area contributed by atoms with Crippen molar-refractivity contribution in [1.29, 1.82) is 0 Å². The Morgan fingerprint density at radius 1 is 0.423 bits per heavy atom. The molecule has 0 fully saturated rings. The number of aryl methyl sites for hydroxylation is 2. The third-order valence-electron chi connectivity index (χ3n) is 10.4. The zero-order valence-electron chi connectivity index (χ0n) is 30.5. The Morgan fingerprint density at radius 3 is 1.33 bits per heavy atom. The number of hydrogen-bond acceptors (Lipinski definition) is 2. The predicted octanol–water partition coefficient (Wildman–Crippen LogP) is 15.2. The Labute approximate surface area is 316 Å². The zero-order valence-corrected chi connectivity index (χ0v) is 32.1. The van der Waals surface area contributed by atoms with E-state index in [0.29, 0.717) is 0 Å². The standard InChI is InChI=1S/C48H48N2S2/c1-3-5-7-13-31-49-43-17-11-9-15-39(43)41-27-21-35(33-45(41)49)19-23-37-25-29-47(51-37)48-30-26-38(52-48)24-20-36-22-28-42-40-16-10-12-18-44(40)50(46(42)34-36)32-14-8-6-4-2/h9-12,15-30,33-34H,3-8,13-14,31-32H2,1-2H3. The van der Waals surface area contributed by atoms with Gasteiger partial charge in [0.15, 0.2) is 0 Å². The highest BCUT2D eigenvalue weighted by molar-refractivity contribution is 7.23. The Kier molecular flexibility index (Phi) is 10.6. The summed E-state index contributed by atoms with van der Waals surface area (Å²) in [5.41, 5.74) is 7.88. The summed E-state index contributed by atoms with van der Waals surface area (Å²) in [6.45, 7) is 6.71. The van der Waals surface area contributed by atoms with E-state index in [1.165, 1.54) is 126 Å². The fourth-order valence-electron chi connectivity index (χ4n) is 7.72. The van der Waals surface area contributed by atoms with Crippen LogP contribution in [0.25, 0.3) is 77.7 Å². The summed E-state index contributed by atoms with van der Waals surface area (Å²) in [5, 5.41) is 5.42. The van der Waals surface area contributed by atoms with Gasteiger partial charge in [-0.15, -0.1) is 22.7 Å². The molecule has 2 nitrogen and oxygen atoms in total. The van der Waals surface area contributed by atoms with Crippen LogP contribution in [0.15, 0.2) is 109 Å². The molecule has 4 aromatic heterocycles. The molecule has 0 aliphatic carbocycles. The Bertz CT molecular complexity index is 2340. The number of rotatable bonds is 15. The molecule has 0 aliphatic rings. The van der Waals surface area contributed by atoms with Crippen LogP contribution in [-0.4, -0.2) is 9.13 Å². The largest absolute Gasteiger partial charge is 0.340 e. The molecule has 0 saturated heterocycles. The van der Waals surface area contributed by atoms with Crippen LogP contribution in [0.5, 0.6) is 0 Å². The first kappa shape index (κ1) is 34.4. The fourth-order valence-corrected chi connectivity index (χ4v) is 9.63. The van der Waals surface area contributed by atoms with Crippen molar-refractivity contribution in [2.45, 2.75) is 78.3 Å². The van der Waals surface area contributed by atoms with E-state index in [1.807, 2.05) is 22.7 Å². The molecule has 4 heteroatoms. The van der Waals surface area contributed by atoms with Crippen LogP contribution >= 0.6 is 22.7 Å². The molecule has 4 aromatic carbocycles. The third-order valence-corrected chi connectivity index (χ3v) is 12.7. The number of fused-ring (bicyclic) bond motifs is 6. The van der Waals surface area contributed by atoms with Gasteiger partial charge in [0.25, 0.3) is 0 Å². The highest BCUT2D eigenvalue weighted by atomic mass is 32.1. The summed E-state index contributed by atoms with van der Waals surface area (Å²) in [4.78, 5) is 5.19. The van der Waals surface area contributed by atoms with E-state index >= 15 is 0 Å². The number of nitrogens with zero attached hydrogens (tertiary/aromatic N) is 2. The predicted molar refractivity (Wildman–Crippen MR) is 233 cm³/mol. The number of hydrogen-bond donors (Lipinski definition) is 0. The molecule has 0 radical (unpaired) electrons. The smallest absolute Gasteiger partial charge is 0.0497 e. The lowest BCUT2D eigenvalue weighted by atomic mass is 10.1. The first-order valence-corrected chi connectivity index (χ1v) is 20.9. The number of benzene rings is 4. The van der Waals surface area contributed by atoms with E-state index in [4.69, 9.17) is 0 Å². The second kappa shape index (κ2) is 15.9. The van der Waals surface area contributed by atoms with E-state index in [2.05, 4.69) is 156 Å². The molecule has 8 aromatic rings. The number of unbranched alkanes of at least 4 members (excludes halogenated alkanes) is 6. The molecular weight excluding hydrogens is 669 g/mol. The zero-order chi connectivity index (χ0) is 35.3. The van der Waals surface area contributed by atoms with Crippen molar-refractivity contribution < 1.29 is 0 Å². The SMILES string of the molecule is CCCCCCn1c2ccccc2c2ccc(C=Cc3ccc(-c4ccc(C=Cc5ccc6c7ccccc7n(CCCCCC)c6c5)s4)s3)cc21. The van der Waals surface area contributed by atoms with Crippen molar-refractivity contribution in [3.63, 3.8) is 0 Å². The first-order chi connectivity index (χ1) is 25.7. The average Bonchev–Trinajstić information content (AvgIpc) is 3.98. The maximum absolute atomic E-state index is 2.54. The van der Waals surface area contributed by atoms with Crippen LogP contribution < -0.4 is 0 Å². The monoisotopic (exact) mass is 716 g/mol. The van der Waals surface area contributed by atoms with Crippen LogP contribution in [-0.2, 0) is 13.1 Å². The van der Waals surface area contributed by atoms with Gasteiger partial charge >= 0.3 is 0 Å². The molecule has 0 unspecified atom stereocenters. The molecule has 52 heavy (non-hydrogen) atoms. The van der Waals surface area contributed by atoms with Crippen molar-refractivity contribution >= 4 is 90.6 Å². The van der Waals surface area contributed by atoms with Gasteiger partial charge in [-0.1, -0.05) is 125 Å². The Hall–Kier alpha value is -4.64. The third kappa shape index (κ3) is 7.20. The maximum atomic E-state index is 2.54. The van der Waals surface area contributed by atoms with E-state index in [-0.39, 0.29) is 0 Å².